The van der Waals surface area contributed by atoms with Crippen LogP contribution in [0.4, 0.5) is 0 Å². The van der Waals surface area contributed by atoms with Crippen LogP contribution in [0.5, 0.6) is 0 Å². The first-order valence-electron chi connectivity index (χ1n) is 4.39. The van der Waals surface area contributed by atoms with Crippen LogP contribution in [0.3, 0.4) is 0 Å². The van der Waals surface area contributed by atoms with Crippen molar-refractivity contribution >= 4 is 17.4 Å². The Morgan fingerprint density at radius 3 is 2.36 bits per heavy atom. The second-order valence-electron chi connectivity index (χ2n) is 2.75. The van der Waals surface area contributed by atoms with Crippen LogP contribution in [0.15, 0.2) is 0 Å². The molecule has 0 N–H and O–H groups in total. The van der Waals surface area contributed by atoms with Gasteiger partial charge in [-0.2, -0.15) is 0 Å². The molecule has 0 aromatic rings. The average Bonchev–Trinajstić information content (AvgIpc) is 2.04. The van der Waals surface area contributed by atoms with E-state index in [2.05, 4.69) is 0 Å². The minimum atomic E-state index is 0.385. The van der Waals surface area contributed by atoms with E-state index in [9.17, 15) is 4.79 Å². The van der Waals surface area contributed by atoms with E-state index in [0.717, 1.165) is 31.6 Å². The molecule has 0 aliphatic rings. The number of ketones is 1. The summed E-state index contributed by atoms with van der Waals surface area (Å²) in [6.07, 6.45) is 5.90. The molecule has 0 aliphatic carbocycles. The molecular formula is C9H17ClO. The zero-order chi connectivity index (χ0) is 8.53. The van der Waals surface area contributed by atoms with Gasteiger partial charge in [0.2, 0.25) is 0 Å². The molecule has 0 saturated heterocycles. The van der Waals surface area contributed by atoms with Gasteiger partial charge in [0, 0.05) is 18.7 Å². The predicted molar refractivity (Wildman–Crippen MR) is 49.1 cm³/mol. The standard InChI is InChI=1S/C9H17ClO/c1-2-9(11)7-5-3-4-6-8-10/h2-8H2,1H3. The van der Waals surface area contributed by atoms with Gasteiger partial charge in [0.05, 0.1) is 0 Å². The highest BCUT2D eigenvalue weighted by Crippen LogP contribution is 2.05. The van der Waals surface area contributed by atoms with Crippen LogP contribution in [0.1, 0.15) is 45.4 Å². The Kier molecular flexibility index (Phi) is 8.03. The topological polar surface area (TPSA) is 17.1 Å². The van der Waals surface area contributed by atoms with Crippen molar-refractivity contribution < 1.29 is 4.79 Å². The van der Waals surface area contributed by atoms with Crippen molar-refractivity contribution in [1.29, 1.82) is 0 Å². The van der Waals surface area contributed by atoms with Gasteiger partial charge in [0.1, 0.15) is 5.78 Å². The van der Waals surface area contributed by atoms with Crippen molar-refractivity contribution in [3.05, 3.63) is 0 Å². The van der Waals surface area contributed by atoms with E-state index in [1.165, 1.54) is 6.42 Å². The highest BCUT2D eigenvalue weighted by Gasteiger charge is 1.96. The maximum atomic E-state index is 10.8. The summed E-state index contributed by atoms with van der Waals surface area (Å²) in [4.78, 5) is 10.8. The number of rotatable bonds is 7. The van der Waals surface area contributed by atoms with E-state index >= 15 is 0 Å². The molecule has 0 amide bonds. The number of unbranched alkanes of at least 4 members (excludes halogenated alkanes) is 3. The van der Waals surface area contributed by atoms with Crippen LogP contribution in [0.25, 0.3) is 0 Å². The maximum absolute atomic E-state index is 10.8. The van der Waals surface area contributed by atoms with Crippen molar-refractivity contribution in [2.75, 3.05) is 5.88 Å². The first-order valence-corrected chi connectivity index (χ1v) is 4.92. The van der Waals surface area contributed by atoms with Gasteiger partial charge in [-0.05, 0) is 12.8 Å². The third-order valence-electron chi connectivity index (χ3n) is 1.73. The van der Waals surface area contributed by atoms with Crippen LogP contribution in [-0.4, -0.2) is 11.7 Å². The Hall–Kier alpha value is -0.0400. The van der Waals surface area contributed by atoms with Gasteiger partial charge < -0.3 is 0 Å². The van der Waals surface area contributed by atoms with E-state index in [1.54, 1.807) is 0 Å². The van der Waals surface area contributed by atoms with E-state index in [1.807, 2.05) is 6.92 Å². The molecule has 0 bridgehead atoms. The lowest BCUT2D eigenvalue weighted by molar-refractivity contribution is -0.118. The fourth-order valence-corrected chi connectivity index (χ4v) is 1.14. The molecule has 2 heteroatoms. The van der Waals surface area contributed by atoms with Crippen LogP contribution in [-0.2, 0) is 4.79 Å². The fraction of sp³-hybridized carbons (Fsp3) is 0.889. The highest BCUT2D eigenvalue weighted by atomic mass is 35.5. The lowest BCUT2D eigenvalue weighted by Crippen LogP contribution is -1.94. The van der Waals surface area contributed by atoms with E-state index in [0.29, 0.717) is 12.2 Å². The Morgan fingerprint density at radius 2 is 1.82 bits per heavy atom. The number of hydrogen-bond donors (Lipinski definition) is 0. The van der Waals surface area contributed by atoms with Gasteiger partial charge in [-0.15, -0.1) is 11.6 Å². The third kappa shape index (κ3) is 7.86. The number of alkyl halides is 1. The molecular weight excluding hydrogens is 160 g/mol. The molecule has 1 nitrogen and oxygen atoms in total. The number of carbonyl (C=O) groups is 1. The quantitative estimate of drug-likeness (QED) is 0.430. The maximum Gasteiger partial charge on any atom is 0.132 e. The molecule has 11 heavy (non-hydrogen) atoms. The van der Waals surface area contributed by atoms with Gasteiger partial charge in [0.15, 0.2) is 0 Å². The zero-order valence-corrected chi connectivity index (χ0v) is 7.99. The minimum absolute atomic E-state index is 0.385. The van der Waals surface area contributed by atoms with Crippen LogP contribution in [0.2, 0.25) is 0 Å². The molecule has 0 unspecified atom stereocenters. The molecule has 0 radical (unpaired) electrons. The lowest BCUT2D eigenvalue weighted by Gasteiger charge is -1.97. The molecule has 0 heterocycles. The van der Waals surface area contributed by atoms with Crippen LogP contribution < -0.4 is 0 Å². The monoisotopic (exact) mass is 176 g/mol. The van der Waals surface area contributed by atoms with Crippen molar-refractivity contribution in [1.82, 2.24) is 0 Å². The molecule has 0 fully saturated rings. The summed E-state index contributed by atoms with van der Waals surface area (Å²) in [7, 11) is 0. The molecule has 66 valence electrons. The number of Topliss-reactive ketones (excluding diaryl/α,β-unsaturated/α-hetero) is 1. The summed E-state index contributed by atoms with van der Waals surface area (Å²) in [6.45, 7) is 1.92. The SMILES string of the molecule is CCC(=O)CCCCCCCl. The van der Waals surface area contributed by atoms with Crippen molar-refractivity contribution in [3.8, 4) is 0 Å². The summed E-state index contributed by atoms with van der Waals surface area (Å²) in [5, 5.41) is 0. The minimum Gasteiger partial charge on any atom is -0.300 e. The molecule has 0 aromatic heterocycles. The lowest BCUT2D eigenvalue weighted by atomic mass is 10.1. The van der Waals surface area contributed by atoms with Gasteiger partial charge >= 0.3 is 0 Å². The molecule has 0 rings (SSSR count). The van der Waals surface area contributed by atoms with Crippen molar-refractivity contribution in [2.24, 2.45) is 0 Å². The largest absolute Gasteiger partial charge is 0.300 e. The zero-order valence-electron chi connectivity index (χ0n) is 7.24. The van der Waals surface area contributed by atoms with Crippen molar-refractivity contribution in [2.45, 2.75) is 45.4 Å². The molecule has 0 spiro atoms. The Morgan fingerprint density at radius 1 is 1.18 bits per heavy atom. The smallest absolute Gasteiger partial charge is 0.132 e. The van der Waals surface area contributed by atoms with E-state index in [-0.39, 0.29) is 0 Å². The second kappa shape index (κ2) is 8.06. The Labute approximate surface area is 74.1 Å². The number of hydrogen-bond acceptors (Lipinski definition) is 1. The summed E-state index contributed by atoms with van der Waals surface area (Å²) in [6, 6.07) is 0. The normalized spacial score (nSPS) is 10.0. The summed E-state index contributed by atoms with van der Waals surface area (Å²) < 4.78 is 0. The van der Waals surface area contributed by atoms with Gasteiger partial charge in [-0.25, -0.2) is 0 Å². The van der Waals surface area contributed by atoms with Crippen molar-refractivity contribution in [3.63, 3.8) is 0 Å². The van der Waals surface area contributed by atoms with Gasteiger partial charge in [-0.3, -0.25) is 4.79 Å². The third-order valence-corrected chi connectivity index (χ3v) is 2.00. The molecule has 0 aromatic carbocycles. The fourth-order valence-electron chi connectivity index (χ4n) is 0.947. The molecule has 0 atom stereocenters. The van der Waals surface area contributed by atoms with E-state index < -0.39 is 0 Å². The van der Waals surface area contributed by atoms with Crippen LogP contribution >= 0.6 is 11.6 Å². The average molecular weight is 177 g/mol. The first-order chi connectivity index (χ1) is 5.31. The number of carbonyl (C=O) groups excluding carboxylic acids is 1. The Balaban J connectivity index is 2.95. The second-order valence-corrected chi connectivity index (χ2v) is 3.12. The predicted octanol–water partition coefficient (Wildman–Crippen LogP) is 3.15. The first kappa shape index (κ1) is 11.0. The van der Waals surface area contributed by atoms with Gasteiger partial charge in [-0.1, -0.05) is 19.8 Å². The summed E-state index contributed by atoms with van der Waals surface area (Å²) in [5.41, 5.74) is 0. The molecule has 0 saturated carbocycles. The summed E-state index contributed by atoms with van der Waals surface area (Å²) >= 11 is 5.50. The summed E-state index contributed by atoms with van der Waals surface area (Å²) in [5.74, 6) is 1.14. The van der Waals surface area contributed by atoms with Gasteiger partial charge in [0.25, 0.3) is 0 Å². The van der Waals surface area contributed by atoms with E-state index in [4.69, 9.17) is 11.6 Å². The molecule has 0 aliphatic heterocycles. The van der Waals surface area contributed by atoms with Crippen LogP contribution in [0, 0.1) is 0 Å². The Bertz CT molecular complexity index is 102. The highest BCUT2D eigenvalue weighted by molar-refractivity contribution is 6.17. The number of halogens is 1.